The van der Waals surface area contributed by atoms with Gasteiger partial charge in [-0.15, -0.1) is 0 Å². The number of nitrogens with zero attached hydrogens (tertiary/aromatic N) is 2. The lowest BCUT2D eigenvalue weighted by Crippen LogP contribution is -2.41. The Labute approximate surface area is 166 Å². The maximum Gasteiger partial charge on any atom is 0.248 e. The number of rotatable bonds is 5. The number of amides is 2. The molecule has 2 heterocycles. The summed E-state index contributed by atoms with van der Waals surface area (Å²) in [6.07, 6.45) is 6.58. The van der Waals surface area contributed by atoms with E-state index in [1.807, 2.05) is 30.3 Å². The topological polar surface area (TPSA) is 88.3 Å². The Bertz CT molecular complexity index is 851. The average molecular weight is 429 g/mol. The zero-order chi connectivity index (χ0) is 19.2. The van der Waals surface area contributed by atoms with Gasteiger partial charge in [-0.2, -0.15) is 0 Å². The normalized spacial score (nSPS) is 17.1. The number of nitrogens with one attached hydrogen (secondary N) is 1. The summed E-state index contributed by atoms with van der Waals surface area (Å²) in [5.41, 5.74) is 6.96. The van der Waals surface area contributed by atoms with Crippen molar-refractivity contribution in [2.24, 2.45) is 11.7 Å². The largest absolute Gasteiger partial charge is 0.369 e. The molecule has 1 aromatic heterocycles. The van der Waals surface area contributed by atoms with Crippen molar-refractivity contribution in [2.45, 2.75) is 12.8 Å². The van der Waals surface area contributed by atoms with Crippen molar-refractivity contribution < 1.29 is 9.59 Å². The van der Waals surface area contributed by atoms with Gasteiger partial charge in [-0.25, -0.2) is 4.98 Å². The molecule has 2 amide bonds. The van der Waals surface area contributed by atoms with E-state index in [2.05, 4.69) is 31.1 Å². The van der Waals surface area contributed by atoms with Gasteiger partial charge in [0, 0.05) is 23.6 Å². The number of piperidine rings is 1. The Kier molecular flexibility index (Phi) is 6.24. The summed E-state index contributed by atoms with van der Waals surface area (Å²) < 4.78 is 0.927. The van der Waals surface area contributed by atoms with E-state index in [1.54, 1.807) is 18.3 Å². The maximum atomic E-state index is 12.1. The van der Waals surface area contributed by atoms with Crippen molar-refractivity contribution in [3.63, 3.8) is 0 Å². The number of carbonyl (C=O) groups excluding carboxylic acids is 2. The molecule has 1 aliphatic heterocycles. The van der Waals surface area contributed by atoms with Crippen LogP contribution in [0.1, 0.15) is 18.4 Å². The summed E-state index contributed by atoms with van der Waals surface area (Å²) in [5, 5.41) is 2.79. The summed E-state index contributed by atoms with van der Waals surface area (Å²) in [4.78, 5) is 30.0. The van der Waals surface area contributed by atoms with Crippen LogP contribution in [-0.4, -0.2) is 29.9 Å². The van der Waals surface area contributed by atoms with Crippen LogP contribution in [0.2, 0.25) is 0 Å². The molecule has 0 spiro atoms. The standard InChI is InChI=1S/C20H21BrN4O2/c21-17-6-2-1-4-14(17)7-10-19(26)24-16-8-9-18(23-12-16)25-11-3-5-15(13-25)20(22)27/h1-2,4,6-10,12,15H,3,5,11,13H2,(H2,22,27)(H,24,26)/b10-7+. The molecule has 140 valence electrons. The predicted molar refractivity (Wildman–Crippen MR) is 110 cm³/mol. The van der Waals surface area contributed by atoms with E-state index in [9.17, 15) is 9.59 Å². The monoisotopic (exact) mass is 428 g/mol. The highest BCUT2D eigenvalue weighted by atomic mass is 79.9. The molecular formula is C20H21BrN4O2. The van der Waals surface area contributed by atoms with Gasteiger partial charge in [-0.3, -0.25) is 9.59 Å². The highest BCUT2D eigenvalue weighted by Crippen LogP contribution is 2.22. The summed E-state index contributed by atoms with van der Waals surface area (Å²) in [5.74, 6) is 0.151. The maximum absolute atomic E-state index is 12.1. The van der Waals surface area contributed by atoms with E-state index in [4.69, 9.17) is 5.73 Å². The molecule has 3 rings (SSSR count). The van der Waals surface area contributed by atoms with Crippen LogP contribution >= 0.6 is 15.9 Å². The van der Waals surface area contributed by atoms with Crippen molar-refractivity contribution in [1.82, 2.24) is 4.98 Å². The van der Waals surface area contributed by atoms with E-state index in [1.165, 1.54) is 6.08 Å². The van der Waals surface area contributed by atoms with Crippen LogP contribution in [-0.2, 0) is 9.59 Å². The van der Waals surface area contributed by atoms with Gasteiger partial charge < -0.3 is 16.0 Å². The van der Waals surface area contributed by atoms with Gasteiger partial charge in [0.25, 0.3) is 0 Å². The van der Waals surface area contributed by atoms with Crippen LogP contribution < -0.4 is 16.0 Å². The fourth-order valence-electron chi connectivity index (χ4n) is 3.02. The Hall–Kier alpha value is -2.67. The van der Waals surface area contributed by atoms with Crippen molar-refractivity contribution in [3.05, 3.63) is 58.7 Å². The first-order valence-corrected chi connectivity index (χ1v) is 9.56. The number of hydrogen-bond donors (Lipinski definition) is 2. The van der Waals surface area contributed by atoms with Gasteiger partial charge in [0.15, 0.2) is 0 Å². The minimum atomic E-state index is -0.263. The first kappa shape index (κ1) is 19.1. The third kappa shape index (κ3) is 5.17. The molecule has 27 heavy (non-hydrogen) atoms. The van der Waals surface area contributed by atoms with Crippen molar-refractivity contribution >= 4 is 45.3 Å². The third-order valence-electron chi connectivity index (χ3n) is 4.48. The molecule has 2 aromatic rings. The first-order valence-electron chi connectivity index (χ1n) is 8.77. The van der Waals surface area contributed by atoms with E-state index in [0.717, 1.165) is 35.2 Å². The number of nitrogens with two attached hydrogens (primary N) is 1. The molecule has 0 saturated carbocycles. The summed E-state index contributed by atoms with van der Waals surface area (Å²) >= 11 is 3.45. The van der Waals surface area contributed by atoms with Crippen LogP contribution in [0, 0.1) is 5.92 Å². The molecular weight excluding hydrogens is 408 g/mol. The van der Waals surface area contributed by atoms with Gasteiger partial charge in [0.2, 0.25) is 11.8 Å². The first-order chi connectivity index (χ1) is 13.0. The second-order valence-electron chi connectivity index (χ2n) is 6.44. The van der Waals surface area contributed by atoms with Crippen LogP contribution in [0.4, 0.5) is 11.5 Å². The zero-order valence-corrected chi connectivity index (χ0v) is 16.4. The van der Waals surface area contributed by atoms with Crippen LogP contribution in [0.5, 0.6) is 0 Å². The van der Waals surface area contributed by atoms with Crippen molar-refractivity contribution in [1.29, 1.82) is 0 Å². The fraction of sp³-hybridized carbons (Fsp3) is 0.250. The molecule has 0 aliphatic carbocycles. The molecule has 7 heteroatoms. The number of hydrogen-bond acceptors (Lipinski definition) is 4. The van der Waals surface area contributed by atoms with E-state index in [-0.39, 0.29) is 17.7 Å². The Balaban J connectivity index is 1.59. The molecule has 3 N–H and O–H groups in total. The Morgan fingerprint density at radius 1 is 1.26 bits per heavy atom. The Morgan fingerprint density at radius 2 is 2.07 bits per heavy atom. The van der Waals surface area contributed by atoms with Gasteiger partial charge in [0.05, 0.1) is 17.8 Å². The molecule has 0 radical (unpaired) electrons. The van der Waals surface area contributed by atoms with Gasteiger partial charge in [0.1, 0.15) is 5.82 Å². The number of primary amides is 1. The van der Waals surface area contributed by atoms with Crippen LogP contribution in [0.15, 0.2) is 53.1 Å². The number of anilines is 2. The van der Waals surface area contributed by atoms with Crippen molar-refractivity contribution in [3.8, 4) is 0 Å². The van der Waals surface area contributed by atoms with Crippen LogP contribution in [0.3, 0.4) is 0 Å². The quantitative estimate of drug-likeness (QED) is 0.715. The van der Waals surface area contributed by atoms with E-state index < -0.39 is 0 Å². The highest BCUT2D eigenvalue weighted by Gasteiger charge is 2.24. The molecule has 1 fully saturated rings. The minimum Gasteiger partial charge on any atom is -0.369 e. The minimum absolute atomic E-state index is 0.137. The van der Waals surface area contributed by atoms with E-state index >= 15 is 0 Å². The second kappa shape index (κ2) is 8.81. The molecule has 1 aromatic carbocycles. The molecule has 6 nitrogen and oxygen atoms in total. The van der Waals surface area contributed by atoms with Crippen LogP contribution in [0.25, 0.3) is 6.08 Å². The Morgan fingerprint density at radius 3 is 2.78 bits per heavy atom. The molecule has 1 atom stereocenters. The third-order valence-corrected chi connectivity index (χ3v) is 5.20. The second-order valence-corrected chi connectivity index (χ2v) is 7.29. The number of halogens is 1. The van der Waals surface area contributed by atoms with Crippen molar-refractivity contribution in [2.75, 3.05) is 23.3 Å². The van der Waals surface area contributed by atoms with Gasteiger partial charge >= 0.3 is 0 Å². The van der Waals surface area contributed by atoms with Gasteiger partial charge in [-0.05, 0) is 42.7 Å². The number of aromatic nitrogens is 1. The summed E-state index contributed by atoms with van der Waals surface area (Å²) in [7, 11) is 0. The number of pyridine rings is 1. The highest BCUT2D eigenvalue weighted by molar-refractivity contribution is 9.10. The number of benzene rings is 1. The zero-order valence-electron chi connectivity index (χ0n) is 14.8. The lowest BCUT2D eigenvalue weighted by molar-refractivity contribution is -0.122. The predicted octanol–water partition coefficient (Wildman–Crippen LogP) is 3.20. The fourth-order valence-corrected chi connectivity index (χ4v) is 3.44. The molecule has 0 bridgehead atoms. The molecule has 1 unspecified atom stereocenters. The van der Waals surface area contributed by atoms with E-state index in [0.29, 0.717) is 12.2 Å². The SMILES string of the molecule is NC(=O)C1CCCN(c2ccc(NC(=O)/C=C/c3ccccc3Br)cn2)C1. The molecule has 1 saturated heterocycles. The lowest BCUT2D eigenvalue weighted by Gasteiger charge is -2.32. The summed E-state index contributed by atoms with van der Waals surface area (Å²) in [6.45, 7) is 1.43. The number of carbonyl (C=O) groups is 2. The smallest absolute Gasteiger partial charge is 0.248 e. The molecule has 1 aliphatic rings. The lowest BCUT2D eigenvalue weighted by atomic mass is 9.97. The average Bonchev–Trinajstić information content (AvgIpc) is 2.68. The summed E-state index contributed by atoms with van der Waals surface area (Å²) in [6, 6.07) is 11.3. The van der Waals surface area contributed by atoms with Gasteiger partial charge in [-0.1, -0.05) is 34.1 Å².